The van der Waals surface area contributed by atoms with Crippen molar-refractivity contribution in [1.82, 2.24) is 10.5 Å². The van der Waals surface area contributed by atoms with Crippen molar-refractivity contribution < 1.29 is 9.32 Å². The van der Waals surface area contributed by atoms with E-state index < -0.39 is 6.04 Å². The summed E-state index contributed by atoms with van der Waals surface area (Å²) in [5, 5.41) is 16.4. The molecule has 0 aliphatic carbocycles. The molecule has 1 heterocycles. The third-order valence-electron chi connectivity index (χ3n) is 3.72. The highest BCUT2D eigenvalue weighted by Crippen LogP contribution is 2.27. The van der Waals surface area contributed by atoms with Gasteiger partial charge in [-0.15, -0.1) is 0 Å². The molecule has 0 saturated carbocycles. The summed E-state index contributed by atoms with van der Waals surface area (Å²) in [6.07, 6.45) is 0.242. The van der Waals surface area contributed by atoms with Gasteiger partial charge in [0.15, 0.2) is 0 Å². The Bertz CT molecular complexity index is 729. The van der Waals surface area contributed by atoms with Gasteiger partial charge in [-0.3, -0.25) is 4.79 Å². The molecule has 2 aromatic rings. The van der Waals surface area contributed by atoms with Crippen LogP contribution in [0.25, 0.3) is 0 Å². The molecule has 0 saturated heterocycles. The van der Waals surface area contributed by atoms with Gasteiger partial charge in [0, 0.05) is 22.6 Å². The third kappa shape index (κ3) is 3.91. The summed E-state index contributed by atoms with van der Waals surface area (Å²) in [4.78, 5) is 12.3. The monoisotopic (exact) mass is 331 g/mol. The van der Waals surface area contributed by atoms with Gasteiger partial charge >= 0.3 is 0 Å². The second kappa shape index (κ2) is 7.30. The summed E-state index contributed by atoms with van der Waals surface area (Å²) in [5.74, 6) is 0.446. The predicted molar refractivity (Wildman–Crippen MR) is 87.0 cm³/mol. The average Bonchev–Trinajstić information content (AvgIpc) is 2.84. The lowest BCUT2D eigenvalue weighted by molar-refractivity contribution is -0.121. The Morgan fingerprint density at radius 3 is 2.70 bits per heavy atom. The number of hydrogen-bond donors (Lipinski definition) is 1. The van der Waals surface area contributed by atoms with Crippen molar-refractivity contribution in [3.63, 3.8) is 0 Å². The molecule has 0 aliphatic rings. The summed E-state index contributed by atoms with van der Waals surface area (Å²) in [7, 11) is 0. The van der Waals surface area contributed by atoms with Gasteiger partial charge in [-0.05, 0) is 25.8 Å². The van der Waals surface area contributed by atoms with Gasteiger partial charge in [0.25, 0.3) is 0 Å². The van der Waals surface area contributed by atoms with Crippen molar-refractivity contribution in [2.75, 3.05) is 0 Å². The standard InChI is InChI=1S/C17H18ClN3O2/c1-10(17-11(2)21-23-12(17)3)8-16(22)20-15(9-19)13-6-4-5-7-14(13)18/h4-7,10,15H,8H2,1-3H3,(H,20,22)/t10-,15+/m0/s1. The highest BCUT2D eigenvalue weighted by Gasteiger charge is 2.22. The maximum atomic E-state index is 12.3. The summed E-state index contributed by atoms with van der Waals surface area (Å²) in [5.41, 5.74) is 2.31. The van der Waals surface area contributed by atoms with Gasteiger partial charge in [-0.1, -0.05) is 41.9 Å². The molecule has 2 atom stereocenters. The summed E-state index contributed by atoms with van der Waals surface area (Å²) < 4.78 is 5.13. The Kier molecular flexibility index (Phi) is 5.41. The molecule has 1 amide bonds. The lowest BCUT2D eigenvalue weighted by atomic mass is 9.95. The van der Waals surface area contributed by atoms with Crippen LogP contribution in [-0.2, 0) is 4.79 Å². The molecule has 1 aromatic carbocycles. The van der Waals surface area contributed by atoms with Gasteiger partial charge in [0.1, 0.15) is 11.8 Å². The van der Waals surface area contributed by atoms with Gasteiger partial charge in [-0.25, -0.2) is 0 Å². The van der Waals surface area contributed by atoms with E-state index in [1.807, 2.05) is 20.8 Å². The zero-order valence-electron chi connectivity index (χ0n) is 13.3. The number of benzene rings is 1. The molecule has 0 aliphatic heterocycles. The van der Waals surface area contributed by atoms with E-state index in [1.165, 1.54) is 0 Å². The number of hydrogen-bond acceptors (Lipinski definition) is 4. The predicted octanol–water partition coefficient (Wildman–Crippen LogP) is 3.82. The van der Waals surface area contributed by atoms with Crippen LogP contribution in [0.15, 0.2) is 28.8 Å². The van der Waals surface area contributed by atoms with Gasteiger partial charge in [0.2, 0.25) is 5.91 Å². The maximum absolute atomic E-state index is 12.3. The Morgan fingerprint density at radius 2 is 2.13 bits per heavy atom. The number of carbonyl (C=O) groups excluding carboxylic acids is 1. The molecular formula is C17H18ClN3O2. The minimum absolute atomic E-state index is 0.0492. The Hall–Kier alpha value is -2.32. The van der Waals surface area contributed by atoms with E-state index >= 15 is 0 Å². The second-order valence-electron chi connectivity index (χ2n) is 5.49. The lowest BCUT2D eigenvalue weighted by Crippen LogP contribution is -2.28. The number of halogens is 1. The normalized spacial score (nSPS) is 13.2. The van der Waals surface area contributed by atoms with Crippen LogP contribution in [-0.4, -0.2) is 11.1 Å². The fraction of sp³-hybridized carbons (Fsp3) is 0.353. The van der Waals surface area contributed by atoms with Crippen molar-refractivity contribution in [2.45, 2.75) is 39.2 Å². The van der Waals surface area contributed by atoms with Gasteiger partial charge in [-0.2, -0.15) is 5.26 Å². The zero-order chi connectivity index (χ0) is 17.0. The molecule has 120 valence electrons. The number of aryl methyl sites for hydroxylation is 2. The van der Waals surface area contributed by atoms with Crippen LogP contribution >= 0.6 is 11.6 Å². The van der Waals surface area contributed by atoms with Crippen molar-refractivity contribution in [1.29, 1.82) is 5.26 Å². The maximum Gasteiger partial charge on any atom is 0.221 e. The molecule has 6 heteroatoms. The van der Waals surface area contributed by atoms with Crippen LogP contribution < -0.4 is 5.32 Å². The van der Waals surface area contributed by atoms with Crippen molar-refractivity contribution in [3.05, 3.63) is 51.9 Å². The van der Waals surface area contributed by atoms with Crippen molar-refractivity contribution in [3.8, 4) is 6.07 Å². The van der Waals surface area contributed by atoms with E-state index in [2.05, 4.69) is 16.5 Å². The Labute approximate surface area is 140 Å². The molecule has 1 aromatic heterocycles. The van der Waals surface area contributed by atoms with E-state index in [9.17, 15) is 10.1 Å². The van der Waals surface area contributed by atoms with E-state index in [0.717, 1.165) is 11.3 Å². The number of nitriles is 1. The minimum Gasteiger partial charge on any atom is -0.361 e. The number of rotatable bonds is 5. The highest BCUT2D eigenvalue weighted by molar-refractivity contribution is 6.31. The number of nitrogens with one attached hydrogen (secondary N) is 1. The first-order chi connectivity index (χ1) is 10.9. The third-order valence-corrected chi connectivity index (χ3v) is 4.07. The van der Waals surface area contributed by atoms with E-state index in [1.54, 1.807) is 24.3 Å². The molecule has 0 bridgehead atoms. The van der Waals surface area contributed by atoms with Crippen LogP contribution in [0.3, 0.4) is 0 Å². The Morgan fingerprint density at radius 1 is 1.43 bits per heavy atom. The summed E-state index contributed by atoms with van der Waals surface area (Å²) >= 11 is 6.09. The Balaban J connectivity index is 2.07. The second-order valence-corrected chi connectivity index (χ2v) is 5.90. The van der Waals surface area contributed by atoms with E-state index in [4.69, 9.17) is 16.1 Å². The molecule has 0 fully saturated rings. The lowest BCUT2D eigenvalue weighted by Gasteiger charge is -2.16. The fourth-order valence-corrected chi connectivity index (χ4v) is 2.93. The van der Waals surface area contributed by atoms with Crippen molar-refractivity contribution in [2.24, 2.45) is 0 Å². The molecule has 0 unspecified atom stereocenters. The van der Waals surface area contributed by atoms with Crippen LogP contribution in [0.5, 0.6) is 0 Å². The largest absolute Gasteiger partial charge is 0.361 e. The first kappa shape index (κ1) is 17.0. The number of nitrogens with zero attached hydrogens (tertiary/aromatic N) is 2. The van der Waals surface area contributed by atoms with Crippen LogP contribution in [0.4, 0.5) is 0 Å². The quantitative estimate of drug-likeness (QED) is 0.903. The van der Waals surface area contributed by atoms with Gasteiger partial charge < -0.3 is 9.84 Å². The summed E-state index contributed by atoms with van der Waals surface area (Å²) in [6.45, 7) is 5.61. The highest BCUT2D eigenvalue weighted by atomic mass is 35.5. The molecule has 0 spiro atoms. The van der Waals surface area contributed by atoms with E-state index in [-0.39, 0.29) is 18.2 Å². The van der Waals surface area contributed by atoms with Crippen LogP contribution in [0, 0.1) is 25.2 Å². The van der Waals surface area contributed by atoms with E-state index in [0.29, 0.717) is 16.3 Å². The molecule has 1 N–H and O–H groups in total. The summed E-state index contributed by atoms with van der Waals surface area (Å²) in [6, 6.07) is 8.29. The van der Waals surface area contributed by atoms with Crippen molar-refractivity contribution >= 4 is 17.5 Å². The van der Waals surface area contributed by atoms with Crippen LogP contribution in [0.2, 0.25) is 5.02 Å². The molecule has 2 rings (SSSR count). The number of carbonyl (C=O) groups is 1. The average molecular weight is 332 g/mol. The first-order valence-corrected chi connectivity index (χ1v) is 7.68. The zero-order valence-corrected chi connectivity index (χ0v) is 14.0. The fourth-order valence-electron chi connectivity index (χ4n) is 2.68. The smallest absolute Gasteiger partial charge is 0.221 e. The first-order valence-electron chi connectivity index (χ1n) is 7.30. The molecule has 0 radical (unpaired) electrons. The van der Waals surface area contributed by atoms with Gasteiger partial charge in [0.05, 0.1) is 11.8 Å². The van der Waals surface area contributed by atoms with Crippen LogP contribution in [0.1, 0.15) is 47.9 Å². The SMILES string of the molecule is Cc1noc(C)c1[C@@H](C)CC(=O)N[C@H](C#N)c1ccccc1Cl. The number of amides is 1. The molecular weight excluding hydrogens is 314 g/mol. The topological polar surface area (TPSA) is 78.9 Å². The number of aromatic nitrogens is 1. The molecule has 23 heavy (non-hydrogen) atoms. The minimum atomic E-state index is -0.770. The molecule has 5 nitrogen and oxygen atoms in total.